The van der Waals surface area contributed by atoms with Crippen LogP contribution in [-0.2, 0) is 16.4 Å². The van der Waals surface area contributed by atoms with Crippen molar-refractivity contribution >= 4 is 32.3 Å². The van der Waals surface area contributed by atoms with E-state index in [1.165, 1.54) is 0 Å². The average molecular weight is 611 g/mol. The first-order valence-electron chi connectivity index (χ1n) is 14.8. The predicted molar refractivity (Wildman–Crippen MR) is 177 cm³/mol. The predicted octanol–water partition coefficient (Wildman–Crippen LogP) is 7.28. The molecule has 2 N–H and O–H groups in total. The molecule has 4 aromatic carbocycles. The van der Waals surface area contributed by atoms with E-state index in [9.17, 15) is 8.42 Å². The fourth-order valence-electron chi connectivity index (χ4n) is 5.10. The Morgan fingerprint density at radius 2 is 1.48 bits per heavy atom. The summed E-state index contributed by atoms with van der Waals surface area (Å²) in [5.74, 6) is 1.97. The average Bonchev–Trinajstić information content (AvgIpc) is 3.01. The van der Waals surface area contributed by atoms with Crippen LogP contribution in [0.15, 0.2) is 83.8 Å². The number of anilines is 2. The van der Waals surface area contributed by atoms with Crippen LogP contribution >= 0.6 is 0 Å². The van der Waals surface area contributed by atoms with Crippen molar-refractivity contribution in [2.75, 3.05) is 25.1 Å². The highest BCUT2D eigenvalue weighted by Gasteiger charge is 2.20. The molecule has 0 saturated heterocycles. The van der Waals surface area contributed by atoms with E-state index in [4.69, 9.17) is 9.47 Å². The molecule has 0 aliphatic heterocycles. The van der Waals surface area contributed by atoms with Gasteiger partial charge in [-0.3, -0.25) is 0 Å². The molecular formula is C35H38N4O4S. The number of sulfonamides is 1. The molecule has 5 rings (SSSR count). The van der Waals surface area contributed by atoms with Gasteiger partial charge in [-0.05, 0) is 87.6 Å². The third-order valence-corrected chi connectivity index (χ3v) is 9.00. The Hall–Kier alpha value is -4.47. The summed E-state index contributed by atoms with van der Waals surface area (Å²) in [6.07, 6.45) is 0.495. The minimum absolute atomic E-state index is 0.208. The van der Waals surface area contributed by atoms with Gasteiger partial charge in [-0.1, -0.05) is 54.6 Å². The van der Waals surface area contributed by atoms with E-state index in [2.05, 4.69) is 38.4 Å². The molecule has 0 aliphatic carbocycles. The first-order valence-corrected chi connectivity index (χ1v) is 16.3. The monoisotopic (exact) mass is 610 g/mol. The second kappa shape index (κ2) is 13.4. The standard InChI is InChI=1S/C35H38N4O4S/c1-6-42-31-17-15-26(21-32(31)43-7-2)18-19-36-44(40,41)33-22-27(16-14-25(33)5)34-28-10-8-9-11-29(28)35(39-38-34)37-30-20-23(3)12-13-24(30)4/h8-17,20-22,36H,6-7,18-19H2,1-5H3,(H,37,39). The maximum Gasteiger partial charge on any atom is 0.240 e. The van der Waals surface area contributed by atoms with Crippen molar-refractivity contribution in [2.24, 2.45) is 0 Å². The zero-order chi connectivity index (χ0) is 31.3. The Morgan fingerprint density at radius 3 is 2.25 bits per heavy atom. The molecule has 0 atom stereocenters. The number of nitrogens with zero attached hydrogens (tertiary/aromatic N) is 2. The van der Waals surface area contributed by atoms with Crippen LogP contribution in [0.2, 0.25) is 0 Å². The lowest BCUT2D eigenvalue weighted by atomic mass is 10.0. The lowest BCUT2D eigenvalue weighted by molar-refractivity contribution is 0.287. The summed E-state index contributed by atoms with van der Waals surface area (Å²) in [4.78, 5) is 0.208. The van der Waals surface area contributed by atoms with E-state index in [1.807, 2.05) is 82.3 Å². The van der Waals surface area contributed by atoms with Crippen molar-refractivity contribution < 1.29 is 17.9 Å². The fraction of sp³-hybridized carbons (Fsp3) is 0.257. The van der Waals surface area contributed by atoms with Gasteiger partial charge in [0.15, 0.2) is 17.3 Å². The van der Waals surface area contributed by atoms with Gasteiger partial charge in [0.2, 0.25) is 10.0 Å². The number of benzene rings is 4. The molecule has 44 heavy (non-hydrogen) atoms. The zero-order valence-corrected chi connectivity index (χ0v) is 26.6. The molecule has 0 radical (unpaired) electrons. The molecule has 0 spiro atoms. The van der Waals surface area contributed by atoms with Gasteiger partial charge < -0.3 is 14.8 Å². The van der Waals surface area contributed by atoms with Gasteiger partial charge in [0.05, 0.1) is 18.1 Å². The minimum Gasteiger partial charge on any atom is -0.490 e. The SMILES string of the molecule is CCOc1ccc(CCNS(=O)(=O)c2cc(-c3nnc(Nc4cc(C)ccc4C)c4ccccc34)ccc2C)cc1OCC. The second-order valence-corrected chi connectivity index (χ2v) is 12.4. The zero-order valence-electron chi connectivity index (χ0n) is 25.8. The first-order chi connectivity index (χ1) is 21.2. The van der Waals surface area contributed by atoms with E-state index in [-0.39, 0.29) is 11.4 Å². The lowest BCUT2D eigenvalue weighted by Crippen LogP contribution is -2.26. The maximum absolute atomic E-state index is 13.5. The molecule has 5 aromatic rings. The lowest BCUT2D eigenvalue weighted by Gasteiger charge is -2.15. The molecule has 8 nitrogen and oxygen atoms in total. The van der Waals surface area contributed by atoms with Crippen LogP contribution in [-0.4, -0.2) is 38.4 Å². The van der Waals surface area contributed by atoms with E-state index in [0.29, 0.717) is 53.8 Å². The van der Waals surface area contributed by atoms with Crippen LogP contribution in [0.5, 0.6) is 11.5 Å². The van der Waals surface area contributed by atoms with Crippen LogP contribution in [0.4, 0.5) is 11.5 Å². The van der Waals surface area contributed by atoms with Gasteiger partial charge in [-0.15, -0.1) is 10.2 Å². The molecule has 1 aromatic heterocycles. The van der Waals surface area contributed by atoms with Gasteiger partial charge in [0, 0.05) is 28.6 Å². The molecule has 0 saturated carbocycles. The number of aromatic nitrogens is 2. The normalized spacial score (nSPS) is 11.5. The summed E-state index contributed by atoms with van der Waals surface area (Å²) in [6, 6.07) is 25.2. The van der Waals surface area contributed by atoms with Crippen molar-refractivity contribution in [3.8, 4) is 22.8 Å². The van der Waals surface area contributed by atoms with E-state index >= 15 is 0 Å². The minimum atomic E-state index is -3.81. The van der Waals surface area contributed by atoms with Gasteiger partial charge in [-0.2, -0.15) is 0 Å². The molecule has 228 valence electrons. The largest absolute Gasteiger partial charge is 0.490 e. The van der Waals surface area contributed by atoms with Crippen molar-refractivity contribution in [2.45, 2.75) is 45.9 Å². The summed E-state index contributed by atoms with van der Waals surface area (Å²) >= 11 is 0. The number of rotatable bonds is 12. The highest BCUT2D eigenvalue weighted by atomic mass is 32.2. The van der Waals surface area contributed by atoms with Crippen LogP contribution < -0.4 is 19.5 Å². The fourth-order valence-corrected chi connectivity index (χ4v) is 6.40. The van der Waals surface area contributed by atoms with E-state index < -0.39 is 10.0 Å². The Bertz CT molecular complexity index is 1910. The topological polar surface area (TPSA) is 102 Å². The van der Waals surface area contributed by atoms with Crippen LogP contribution in [0.3, 0.4) is 0 Å². The molecule has 0 amide bonds. The summed E-state index contributed by atoms with van der Waals surface area (Å²) in [5, 5.41) is 14.3. The molecule has 0 bridgehead atoms. The van der Waals surface area contributed by atoms with Gasteiger partial charge in [-0.25, -0.2) is 13.1 Å². The Labute approximate surface area is 259 Å². The summed E-state index contributed by atoms with van der Waals surface area (Å²) in [6.45, 7) is 11.0. The molecule has 0 unspecified atom stereocenters. The summed E-state index contributed by atoms with van der Waals surface area (Å²) < 4.78 is 41.2. The summed E-state index contributed by atoms with van der Waals surface area (Å²) in [5.41, 5.74) is 6.08. The second-order valence-electron chi connectivity index (χ2n) is 10.7. The third-order valence-electron chi connectivity index (χ3n) is 7.40. The highest BCUT2D eigenvalue weighted by Crippen LogP contribution is 2.34. The quantitative estimate of drug-likeness (QED) is 0.153. The first kappa shape index (κ1) is 31.0. The number of fused-ring (bicyclic) bond motifs is 1. The molecular weight excluding hydrogens is 572 g/mol. The van der Waals surface area contributed by atoms with Crippen LogP contribution in [0.25, 0.3) is 22.0 Å². The molecule has 9 heteroatoms. The van der Waals surface area contributed by atoms with Gasteiger partial charge in [0.1, 0.15) is 5.69 Å². The van der Waals surface area contributed by atoms with E-state index in [0.717, 1.165) is 33.2 Å². The molecule has 0 aliphatic rings. The number of hydrogen-bond donors (Lipinski definition) is 2. The van der Waals surface area contributed by atoms with Crippen molar-refractivity contribution in [1.82, 2.24) is 14.9 Å². The molecule has 0 fully saturated rings. The Morgan fingerprint density at radius 1 is 0.750 bits per heavy atom. The van der Waals surface area contributed by atoms with Gasteiger partial charge >= 0.3 is 0 Å². The Kier molecular flexibility index (Phi) is 9.46. The maximum atomic E-state index is 13.5. The van der Waals surface area contributed by atoms with Crippen LogP contribution in [0, 0.1) is 20.8 Å². The smallest absolute Gasteiger partial charge is 0.240 e. The van der Waals surface area contributed by atoms with Gasteiger partial charge in [0.25, 0.3) is 0 Å². The van der Waals surface area contributed by atoms with Crippen molar-refractivity contribution in [3.05, 3.63) is 101 Å². The summed E-state index contributed by atoms with van der Waals surface area (Å²) in [7, 11) is -3.81. The number of hydrogen-bond acceptors (Lipinski definition) is 7. The number of nitrogens with one attached hydrogen (secondary N) is 2. The van der Waals surface area contributed by atoms with E-state index in [1.54, 1.807) is 13.0 Å². The number of ether oxygens (including phenoxy) is 2. The van der Waals surface area contributed by atoms with Crippen LogP contribution in [0.1, 0.15) is 36.1 Å². The third kappa shape index (κ3) is 6.85. The van der Waals surface area contributed by atoms with Crippen molar-refractivity contribution in [1.29, 1.82) is 0 Å². The Balaban J connectivity index is 1.40. The molecule has 1 heterocycles. The highest BCUT2D eigenvalue weighted by molar-refractivity contribution is 7.89. The number of aryl methyl sites for hydroxylation is 3. The van der Waals surface area contributed by atoms with Crippen molar-refractivity contribution in [3.63, 3.8) is 0 Å².